The van der Waals surface area contributed by atoms with Crippen LogP contribution in [0.5, 0.6) is 0 Å². The number of pyridine rings is 1. The van der Waals surface area contributed by atoms with Gasteiger partial charge in [0, 0.05) is 16.6 Å². The maximum atomic E-state index is 12.4. The number of benzene rings is 6. The molecule has 232 valence electrons. The molecule has 0 atom stereocenters. The van der Waals surface area contributed by atoms with Crippen molar-refractivity contribution < 1.29 is 9.53 Å². The van der Waals surface area contributed by atoms with Crippen LogP contribution in [0.15, 0.2) is 152 Å². The first-order valence-electron chi connectivity index (χ1n) is 16.2. The van der Waals surface area contributed by atoms with Gasteiger partial charge in [-0.05, 0) is 85.6 Å². The van der Waals surface area contributed by atoms with Crippen molar-refractivity contribution in [1.29, 1.82) is 0 Å². The molecule has 0 aliphatic carbocycles. The maximum absolute atomic E-state index is 12.4. The fourth-order valence-corrected chi connectivity index (χ4v) is 6.58. The first-order chi connectivity index (χ1) is 23.6. The van der Waals surface area contributed by atoms with Gasteiger partial charge in [0.2, 0.25) is 0 Å². The van der Waals surface area contributed by atoms with E-state index in [1.54, 1.807) is 0 Å². The Morgan fingerprint density at radius 2 is 1.17 bits per heavy atom. The highest BCUT2D eigenvalue weighted by Crippen LogP contribution is 2.55. The van der Waals surface area contributed by atoms with Gasteiger partial charge in [-0.1, -0.05) is 96.6 Å². The quantitative estimate of drug-likeness (QED) is 0.172. The van der Waals surface area contributed by atoms with Gasteiger partial charge in [-0.25, -0.2) is 9.78 Å². The fourth-order valence-electron chi connectivity index (χ4n) is 6.58. The minimum atomic E-state index is -0.329. The molecule has 0 N–H and O–H groups in total. The zero-order valence-electron chi connectivity index (χ0n) is 26.8. The molecule has 48 heavy (non-hydrogen) atoms. The molecule has 1 aliphatic rings. The van der Waals surface area contributed by atoms with E-state index in [1.165, 1.54) is 5.56 Å². The molecule has 8 rings (SSSR count). The highest BCUT2D eigenvalue weighted by Gasteiger charge is 2.31. The first-order valence-corrected chi connectivity index (χ1v) is 16.2. The lowest BCUT2D eigenvalue weighted by molar-refractivity contribution is 0.0526. The molecule has 0 radical (unpaired) electrons. The van der Waals surface area contributed by atoms with Crippen LogP contribution in [-0.2, 0) is 4.74 Å². The SMILES string of the molecule is CCOC(=O)c1ccc(-c2cc(-c3ccc(C)cc3)c3cccc(N4c5ccccc5N(c5ccccc5)c5ccccc54)c3n2)cc1. The van der Waals surface area contributed by atoms with Gasteiger partial charge in [-0.15, -0.1) is 0 Å². The molecule has 1 aliphatic heterocycles. The Morgan fingerprint density at radius 3 is 1.79 bits per heavy atom. The van der Waals surface area contributed by atoms with Crippen molar-refractivity contribution in [3.8, 4) is 22.4 Å². The molecule has 1 aromatic heterocycles. The summed E-state index contributed by atoms with van der Waals surface area (Å²) >= 11 is 0. The van der Waals surface area contributed by atoms with E-state index < -0.39 is 0 Å². The Kier molecular flexibility index (Phi) is 7.42. The summed E-state index contributed by atoms with van der Waals surface area (Å²) in [5, 5.41) is 1.06. The summed E-state index contributed by atoms with van der Waals surface area (Å²) in [6.07, 6.45) is 0. The second kappa shape index (κ2) is 12.2. The normalized spacial score (nSPS) is 12.0. The Labute approximate surface area is 280 Å². The predicted octanol–water partition coefficient (Wildman–Crippen LogP) is 11.3. The number of hydrogen-bond donors (Lipinski definition) is 0. The van der Waals surface area contributed by atoms with E-state index in [0.717, 1.165) is 67.4 Å². The first kappa shape index (κ1) is 29.2. The van der Waals surface area contributed by atoms with Crippen molar-refractivity contribution in [2.45, 2.75) is 13.8 Å². The van der Waals surface area contributed by atoms with Gasteiger partial charge in [-0.3, -0.25) is 0 Å². The molecule has 2 heterocycles. The third-order valence-electron chi connectivity index (χ3n) is 8.85. The minimum absolute atomic E-state index is 0.329. The number of nitrogens with zero attached hydrogens (tertiary/aromatic N) is 3. The summed E-state index contributed by atoms with van der Waals surface area (Å²) in [4.78, 5) is 22.5. The number of hydrogen-bond acceptors (Lipinski definition) is 5. The van der Waals surface area contributed by atoms with Gasteiger partial charge in [0.15, 0.2) is 0 Å². The van der Waals surface area contributed by atoms with Gasteiger partial charge >= 0.3 is 5.97 Å². The van der Waals surface area contributed by atoms with Crippen LogP contribution < -0.4 is 9.80 Å². The van der Waals surface area contributed by atoms with Crippen molar-refractivity contribution in [1.82, 2.24) is 4.98 Å². The summed E-state index contributed by atoms with van der Waals surface area (Å²) in [7, 11) is 0. The van der Waals surface area contributed by atoms with E-state index in [4.69, 9.17) is 9.72 Å². The second-order valence-corrected chi connectivity index (χ2v) is 11.9. The summed E-state index contributed by atoms with van der Waals surface area (Å²) in [6, 6.07) is 52.4. The summed E-state index contributed by atoms with van der Waals surface area (Å²) in [6.45, 7) is 4.25. The number of rotatable bonds is 6. The molecular formula is C43H33N3O2. The van der Waals surface area contributed by atoms with Crippen LogP contribution in [-0.4, -0.2) is 17.6 Å². The molecule has 0 amide bonds. The van der Waals surface area contributed by atoms with Crippen LogP contribution >= 0.6 is 0 Å². The van der Waals surface area contributed by atoms with E-state index in [1.807, 2.05) is 37.3 Å². The summed E-state index contributed by atoms with van der Waals surface area (Å²) in [5.74, 6) is -0.329. The molecule has 0 saturated heterocycles. The van der Waals surface area contributed by atoms with Gasteiger partial charge < -0.3 is 14.5 Å². The maximum Gasteiger partial charge on any atom is 0.338 e. The highest BCUT2D eigenvalue weighted by atomic mass is 16.5. The van der Waals surface area contributed by atoms with Crippen LogP contribution in [0.4, 0.5) is 34.1 Å². The number of anilines is 6. The zero-order chi connectivity index (χ0) is 32.6. The zero-order valence-corrected chi connectivity index (χ0v) is 26.8. The lowest BCUT2D eigenvalue weighted by Crippen LogP contribution is -2.24. The Bertz CT molecular complexity index is 2230. The predicted molar refractivity (Wildman–Crippen MR) is 196 cm³/mol. The third-order valence-corrected chi connectivity index (χ3v) is 8.85. The van der Waals surface area contributed by atoms with E-state index in [0.29, 0.717) is 12.2 Å². The lowest BCUT2D eigenvalue weighted by atomic mass is 9.96. The van der Waals surface area contributed by atoms with Gasteiger partial charge in [0.1, 0.15) is 0 Å². The average molecular weight is 624 g/mol. The number of esters is 1. The third kappa shape index (κ3) is 5.06. The van der Waals surface area contributed by atoms with Crippen molar-refractivity contribution in [2.24, 2.45) is 0 Å². The largest absolute Gasteiger partial charge is 0.462 e. The smallest absolute Gasteiger partial charge is 0.338 e. The number of carbonyl (C=O) groups is 1. The topological polar surface area (TPSA) is 45.7 Å². The standard InChI is InChI=1S/C43H33N3O2/c1-3-48-43(47)32-26-24-31(25-27-32)36-28-35(30-22-20-29(2)21-23-30)34-14-11-19-41(42(34)44-36)46-39-17-9-7-15-37(39)45(33-12-5-4-6-13-33)38-16-8-10-18-40(38)46/h4-28H,3H2,1-2H3. The van der Waals surface area contributed by atoms with Gasteiger partial charge in [0.25, 0.3) is 0 Å². The van der Waals surface area contributed by atoms with E-state index >= 15 is 0 Å². The van der Waals surface area contributed by atoms with E-state index in [2.05, 4.69) is 138 Å². The minimum Gasteiger partial charge on any atom is -0.462 e. The molecule has 5 nitrogen and oxygen atoms in total. The summed E-state index contributed by atoms with van der Waals surface area (Å²) < 4.78 is 5.23. The van der Waals surface area contributed by atoms with Crippen LogP contribution in [0.2, 0.25) is 0 Å². The lowest BCUT2D eigenvalue weighted by Gasteiger charge is -2.40. The molecule has 0 saturated carbocycles. The number of carbonyl (C=O) groups excluding carboxylic acids is 1. The molecule has 0 spiro atoms. The molecule has 6 aromatic carbocycles. The van der Waals surface area contributed by atoms with Crippen molar-refractivity contribution >= 4 is 51.0 Å². The second-order valence-electron chi connectivity index (χ2n) is 11.9. The van der Waals surface area contributed by atoms with Crippen molar-refractivity contribution in [3.05, 3.63) is 163 Å². The van der Waals surface area contributed by atoms with Gasteiger partial charge in [0.05, 0.1) is 51.8 Å². The number of fused-ring (bicyclic) bond motifs is 3. The Balaban J connectivity index is 1.37. The van der Waals surface area contributed by atoms with E-state index in [9.17, 15) is 4.79 Å². The number of aromatic nitrogens is 1. The van der Waals surface area contributed by atoms with Gasteiger partial charge in [-0.2, -0.15) is 0 Å². The van der Waals surface area contributed by atoms with Crippen molar-refractivity contribution in [2.75, 3.05) is 16.4 Å². The number of para-hydroxylation sites is 6. The molecule has 0 bridgehead atoms. The Morgan fingerprint density at radius 1 is 0.604 bits per heavy atom. The number of ether oxygens (including phenoxy) is 1. The van der Waals surface area contributed by atoms with Crippen LogP contribution in [0.1, 0.15) is 22.8 Å². The van der Waals surface area contributed by atoms with Crippen LogP contribution in [0, 0.1) is 6.92 Å². The molecule has 5 heteroatoms. The monoisotopic (exact) mass is 623 g/mol. The van der Waals surface area contributed by atoms with Crippen molar-refractivity contribution in [3.63, 3.8) is 0 Å². The molecular weight excluding hydrogens is 590 g/mol. The average Bonchev–Trinajstić information content (AvgIpc) is 3.14. The molecule has 0 unspecified atom stereocenters. The summed E-state index contributed by atoms with van der Waals surface area (Å²) in [5.41, 5.74) is 13.0. The number of aryl methyl sites for hydroxylation is 1. The molecule has 0 fully saturated rings. The molecule has 7 aromatic rings. The fraction of sp³-hybridized carbons (Fsp3) is 0.0698. The van der Waals surface area contributed by atoms with Crippen LogP contribution in [0.25, 0.3) is 33.3 Å². The van der Waals surface area contributed by atoms with Crippen LogP contribution in [0.3, 0.4) is 0 Å². The van der Waals surface area contributed by atoms with E-state index in [-0.39, 0.29) is 5.97 Å². The highest BCUT2D eigenvalue weighted by molar-refractivity contribution is 6.09. The Hall–Kier alpha value is -6.20.